The standard InChI is InChI=1S/C22H29F2N3O4/c1-22(2,3)31-19(29)12-27-8-6-13(7-9-27)20-15(23)10-14(11-16(20)24)25-17-4-5-18(28)26-21(17)30/h10-11,13,17,25H,4-9,12H2,1-3H3,(H,26,28,30). The number of nitrogens with zero attached hydrogens (tertiary/aromatic N) is 1. The highest BCUT2D eigenvalue weighted by molar-refractivity contribution is 6.01. The van der Waals surface area contributed by atoms with E-state index in [1.165, 1.54) is 12.1 Å². The highest BCUT2D eigenvalue weighted by Crippen LogP contribution is 2.33. The van der Waals surface area contributed by atoms with Crippen LogP contribution in [0.5, 0.6) is 0 Å². The van der Waals surface area contributed by atoms with Crippen molar-refractivity contribution in [3.63, 3.8) is 0 Å². The molecule has 2 aliphatic heterocycles. The maximum absolute atomic E-state index is 14.8. The normalized spacial score (nSPS) is 21.0. The first kappa shape index (κ1) is 23.1. The van der Waals surface area contributed by atoms with Crippen molar-refractivity contribution in [1.29, 1.82) is 0 Å². The molecule has 9 heteroatoms. The molecule has 7 nitrogen and oxygen atoms in total. The maximum Gasteiger partial charge on any atom is 0.320 e. The molecule has 0 aliphatic carbocycles. The van der Waals surface area contributed by atoms with Crippen LogP contribution in [0.4, 0.5) is 14.5 Å². The second-order valence-corrected chi connectivity index (χ2v) is 9.14. The number of rotatable bonds is 5. The number of ether oxygens (including phenoxy) is 1. The first-order chi connectivity index (χ1) is 14.5. The van der Waals surface area contributed by atoms with Crippen LogP contribution in [0.1, 0.15) is 57.9 Å². The van der Waals surface area contributed by atoms with Gasteiger partial charge in [0.1, 0.15) is 23.3 Å². The van der Waals surface area contributed by atoms with Gasteiger partial charge in [-0.1, -0.05) is 0 Å². The molecule has 0 radical (unpaired) electrons. The van der Waals surface area contributed by atoms with Gasteiger partial charge in [-0.05, 0) is 71.2 Å². The first-order valence-electron chi connectivity index (χ1n) is 10.5. The summed E-state index contributed by atoms with van der Waals surface area (Å²) in [5.41, 5.74) is -0.355. The number of amides is 2. The van der Waals surface area contributed by atoms with Crippen molar-refractivity contribution in [3.05, 3.63) is 29.3 Å². The Morgan fingerprint density at radius 3 is 2.32 bits per heavy atom. The van der Waals surface area contributed by atoms with Gasteiger partial charge in [0.2, 0.25) is 11.8 Å². The van der Waals surface area contributed by atoms with Gasteiger partial charge in [-0.15, -0.1) is 0 Å². The third-order valence-corrected chi connectivity index (χ3v) is 5.43. The van der Waals surface area contributed by atoms with Gasteiger partial charge in [0.25, 0.3) is 0 Å². The quantitative estimate of drug-likeness (QED) is 0.544. The summed E-state index contributed by atoms with van der Waals surface area (Å²) in [4.78, 5) is 37.0. The molecule has 1 atom stereocenters. The van der Waals surface area contributed by atoms with Crippen molar-refractivity contribution in [2.45, 2.75) is 64.0 Å². The van der Waals surface area contributed by atoms with Crippen molar-refractivity contribution >= 4 is 23.5 Å². The SMILES string of the molecule is CC(C)(C)OC(=O)CN1CCC(c2c(F)cc(NC3CCC(=O)NC3=O)cc2F)CC1. The Labute approximate surface area is 180 Å². The minimum Gasteiger partial charge on any atom is -0.459 e. The molecule has 2 amide bonds. The van der Waals surface area contributed by atoms with Crippen LogP contribution < -0.4 is 10.6 Å². The number of hydrogen-bond donors (Lipinski definition) is 2. The van der Waals surface area contributed by atoms with Gasteiger partial charge in [-0.3, -0.25) is 24.6 Å². The first-order valence-corrected chi connectivity index (χ1v) is 10.5. The molecule has 0 aromatic heterocycles. The fourth-order valence-corrected chi connectivity index (χ4v) is 4.03. The summed E-state index contributed by atoms with van der Waals surface area (Å²) in [5, 5.41) is 5.01. The van der Waals surface area contributed by atoms with Crippen molar-refractivity contribution in [1.82, 2.24) is 10.2 Å². The molecule has 2 heterocycles. The zero-order chi connectivity index (χ0) is 22.8. The molecule has 2 saturated heterocycles. The molecule has 2 N–H and O–H groups in total. The summed E-state index contributed by atoms with van der Waals surface area (Å²) < 4.78 is 34.9. The molecule has 170 valence electrons. The molecular formula is C22H29F2N3O4. The third-order valence-electron chi connectivity index (χ3n) is 5.43. The average molecular weight is 437 g/mol. The monoisotopic (exact) mass is 437 g/mol. The molecule has 0 saturated carbocycles. The fourth-order valence-electron chi connectivity index (χ4n) is 4.03. The number of hydrogen-bond acceptors (Lipinski definition) is 6. The maximum atomic E-state index is 14.8. The summed E-state index contributed by atoms with van der Waals surface area (Å²) in [6.07, 6.45) is 1.49. The molecule has 0 spiro atoms. The Morgan fingerprint density at radius 1 is 1.16 bits per heavy atom. The van der Waals surface area contributed by atoms with E-state index >= 15 is 0 Å². The van der Waals surface area contributed by atoms with Crippen LogP contribution in [0.25, 0.3) is 0 Å². The molecular weight excluding hydrogens is 408 g/mol. The van der Waals surface area contributed by atoms with E-state index in [-0.39, 0.29) is 48.4 Å². The summed E-state index contributed by atoms with van der Waals surface area (Å²) in [6, 6.07) is 1.67. The summed E-state index contributed by atoms with van der Waals surface area (Å²) in [7, 11) is 0. The van der Waals surface area contributed by atoms with Crippen LogP contribution in [-0.2, 0) is 19.1 Å². The average Bonchev–Trinajstić information content (AvgIpc) is 2.63. The minimum atomic E-state index is -0.710. The predicted octanol–water partition coefficient (Wildman–Crippen LogP) is 2.70. The Bertz CT molecular complexity index is 838. The van der Waals surface area contributed by atoms with Gasteiger partial charge in [0, 0.05) is 17.7 Å². The fraction of sp³-hybridized carbons (Fsp3) is 0.591. The summed E-state index contributed by atoms with van der Waals surface area (Å²) in [5.74, 6) is -2.79. The smallest absolute Gasteiger partial charge is 0.320 e. The van der Waals surface area contributed by atoms with E-state index in [9.17, 15) is 23.2 Å². The van der Waals surface area contributed by atoms with Crippen LogP contribution in [0.3, 0.4) is 0 Å². The largest absolute Gasteiger partial charge is 0.459 e. The van der Waals surface area contributed by atoms with Crippen LogP contribution >= 0.6 is 0 Å². The molecule has 3 rings (SSSR count). The molecule has 2 fully saturated rings. The Kier molecular flexibility index (Phi) is 6.93. The number of anilines is 1. The van der Waals surface area contributed by atoms with Gasteiger partial charge in [-0.25, -0.2) is 8.78 Å². The van der Waals surface area contributed by atoms with E-state index < -0.39 is 29.2 Å². The van der Waals surface area contributed by atoms with Crippen molar-refractivity contribution < 1.29 is 27.9 Å². The minimum absolute atomic E-state index is 0.0331. The highest BCUT2D eigenvalue weighted by Gasteiger charge is 2.30. The van der Waals surface area contributed by atoms with Gasteiger partial charge >= 0.3 is 5.97 Å². The Morgan fingerprint density at radius 2 is 1.77 bits per heavy atom. The zero-order valence-electron chi connectivity index (χ0n) is 18.1. The van der Waals surface area contributed by atoms with Crippen molar-refractivity contribution in [2.75, 3.05) is 25.0 Å². The predicted molar refractivity (Wildman–Crippen MR) is 110 cm³/mol. The molecule has 0 bridgehead atoms. The van der Waals surface area contributed by atoms with Gasteiger partial charge in [0.15, 0.2) is 0 Å². The second kappa shape index (κ2) is 9.30. The molecule has 1 unspecified atom stereocenters. The molecule has 2 aliphatic rings. The van der Waals surface area contributed by atoms with Gasteiger partial charge in [0.05, 0.1) is 6.54 Å². The number of imide groups is 1. The molecule has 1 aromatic carbocycles. The Balaban J connectivity index is 1.59. The van der Waals surface area contributed by atoms with E-state index in [2.05, 4.69) is 10.6 Å². The van der Waals surface area contributed by atoms with Crippen LogP contribution in [0.15, 0.2) is 12.1 Å². The lowest BCUT2D eigenvalue weighted by atomic mass is 9.88. The van der Waals surface area contributed by atoms with Gasteiger partial charge < -0.3 is 10.1 Å². The topological polar surface area (TPSA) is 87.7 Å². The van der Waals surface area contributed by atoms with Crippen LogP contribution in [0, 0.1) is 11.6 Å². The lowest BCUT2D eigenvalue weighted by Crippen LogP contribution is -2.47. The van der Waals surface area contributed by atoms with Gasteiger partial charge in [-0.2, -0.15) is 0 Å². The van der Waals surface area contributed by atoms with E-state index in [1.807, 2.05) is 4.90 Å². The lowest BCUT2D eigenvalue weighted by molar-refractivity contribution is -0.156. The van der Waals surface area contributed by atoms with Crippen LogP contribution in [-0.4, -0.2) is 54.0 Å². The number of carbonyl (C=O) groups is 3. The molecule has 1 aromatic rings. The second-order valence-electron chi connectivity index (χ2n) is 9.14. The number of benzene rings is 1. The van der Waals surface area contributed by atoms with E-state index in [0.29, 0.717) is 25.9 Å². The number of carbonyl (C=O) groups excluding carboxylic acids is 3. The Hall–Kier alpha value is -2.55. The number of likely N-dealkylation sites (tertiary alicyclic amines) is 1. The van der Waals surface area contributed by atoms with E-state index in [1.54, 1.807) is 20.8 Å². The highest BCUT2D eigenvalue weighted by atomic mass is 19.1. The van der Waals surface area contributed by atoms with E-state index in [4.69, 9.17) is 4.74 Å². The summed E-state index contributed by atoms with van der Waals surface area (Å²) in [6.45, 7) is 6.66. The summed E-state index contributed by atoms with van der Waals surface area (Å²) >= 11 is 0. The number of piperidine rings is 2. The van der Waals surface area contributed by atoms with E-state index in [0.717, 1.165) is 0 Å². The van der Waals surface area contributed by atoms with Crippen LogP contribution in [0.2, 0.25) is 0 Å². The number of esters is 1. The van der Waals surface area contributed by atoms with Crippen molar-refractivity contribution in [2.24, 2.45) is 0 Å². The third kappa shape index (κ3) is 6.22. The number of halogens is 2. The molecule has 31 heavy (non-hydrogen) atoms. The number of nitrogens with one attached hydrogen (secondary N) is 2. The van der Waals surface area contributed by atoms with Crippen molar-refractivity contribution in [3.8, 4) is 0 Å². The zero-order valence-corrected chi connectivity index (χ0v) is 18.1. The lowest BCUT2D eigenvalue weighted by Gasteiger charge is -2.32.